The quantitative estimate of drug-likeness (QED) is 0.571. The molecule has 152 valence electrons. The van der Waals surface area contributed by atoms with Crippen molar-refractivity contribution in [3.63, 3.8) is 0 Å². The van der Waals surface area contributed by atoms with Gasteiger partial charge in [-0.05, 0) is 24.3 Å². The lowest BCUT2D eigenvalue weighted by molar-refractivity contribution is -0.147. The second-order valence-electron chi connectivity index (χ2n) is 6.19. The van der Waals surface area contributed by atoms with Crippen LogP contribution in [0.25, 0.3) is 11.0 Å². The second-order valence-corrected chi connectivity index (χ2v) is 7.44. The third-order valence-corrected chi connectivity index (χ3v) is 5.04. The molecule has 1 aromatic heterocycles. The number of aromatic nitrogens is 2. The lowest BCUT2D eigenvalue weighted by atomic mass is 10.3. The molecule has 1 heterocycles. The van der Waals surface area contributed by atoms with Crippen molar-refractivity contribution < 1.29 is 14.3 Å². The van der Waals surface area contributed by atoms with Crippen molar-refractivity contribution in [1.29, 1.82) is 0 Å². The van der Waals surface area contributed by atoms with Gasteiger partial charge in [0.2, 0.25) is 0 Å². The van der Waals surface area contributed by atoms with E-state index in [0.717, 1.165) is 11.0 Å². The predicted molar refractivity (Wildman–Crippen MR) is 113 cm³/mol. The minimum absolute atomic E-state index is 0.0658. The van der Waals surface area contributed by atoms with Gasteiger partial charge in [-0.1, -0.05) is 46.9 Å². The van der Waals surface area contributed by atoms with E-state index in [0.29, 0.717) is 5.02 Å². The number of esters is 1. The Morgan fingerprint density at radius 2 is 1.69 bits per heavy atom. The number of imidazole rings is 1. The van der Waals surface area contributed by atoms with Crippen molar-refractivity contribution in [1.82, 2.24) is 9.13 Å². The summed E-state index contributed by atoms with van der Waals surface area (Å²) in [7, 11) is 1.66. The second kappa shape index (κ2) is 8.90. The molecule has 1 amide bonds. The van der Waals surface area contributed by atoms with Gasteiger partial charge >= 0.3 is 11.7 Å². The van der Waals surface area contributed by atoms with Crippen molar-refractivity contribution in [2.45, 2.75) is 13.0 Å². The van der Waals surface area contributed by atoms with Crippen LogP contribution < -0.4 is 11.0 Å². The lowest BCUT2D eigenvalue weighted by Gasteiger charge is -2.10. The highest BCUT2D eigenvalue weighted by atomic mass is 35.5. The third-order valence-electron chi connectivity index (χ3n) is 4.23. The Bertz CT molecular complexity index is 1130. The van der Waals surface area contributed by atoms with E-state index in [-0.39, 0.29) is 34.4 Å². The number of carbonyl (C=O) groups excluding carboxylic acids is 2. The number of nitrogens with one attached hydrogen (secondary N) is 1. The van der Waals surface area contributed by atoms with Crippen LogP contribution in [0, 0.1) is 0 Å². The fourth-order valence-electron chi connectivity index (χ4n) is 2.84. The number of ether oxygens (including phenoxy) is 1. The monoisotopic (exact) mass is 455 g/mol. The normalized spacial score (nSPS) is 10.9. The van der Waals surface area contributed by atoms with E-state index in [1.165, 1.54) is 21.3 Å². The van der Waals surface area contributed by atoms with Crippen LogP contribution in [0.2, 0.25) is 15.1 Å². The molecule has 0 fully saturated rings. The summed E-state index contributed by atoms with van der Waals surface area (Å²) in [5.74, 6) is -1.22. The summed E-state index contributed by atoms with van der Waals surface area (Å²) in [6.07, 6.45) is -0.0658. The van der Waals surface area contributed by atoms with Crippen LogP contribution in [-0.4, -0.2) is 27.6 Å². The first-order valence-electron chi connectivity index (χ1n) is 8.52. The Morgan fingerprint density at radius 3 is 2.34 bits per heavy atom. The Hall–Kier alpha value is -2.48. The highest BCUT2D eigenvalue weighted by Gasteiger charge is 2.15. The standard InChI is InChI=1S/C19H16Cl3N3O4/c1-24-14-4-2-3-5-15(14)25(19(24)28)7-6-17(27)29-10-16(26)23-18-12(21)8-11(20)9-13(18)22/h2-5,8-9H,6-7,10H2,1H3,(H,23,26). The molecule has 0 saturated carbocycles. The van der Waals surface area contributed by atoms with Crippen LogP contribution in [0.5, 0.6) is 0 Å². The number of amides is 1. The number of aryl methyl sites for hydroxylation is 2. The van der Waals surface area contributed by atoms with E-state index in [1.807, 2.05) is 18.2 Å². The van der Waals surface area contributed by atoms with Gasteiger partial charge in [0.1, 0.15) is 0 Å². The number of fused-ring (bicyclic) bond motifs is 1. The molecule has 0 radical (unpaired) electrons. The van der Waals surface area contributed by atoms with Crippen LogP contribution >= 0.6 is 34.8 Å². The van der Waals surface area contributed by atoms with Gasteiger partial charge in [0, 0.05) is 18.6 Å². The Balaban J connectivity index is 1.57. The molecule has 3 aromatic rings. The fraction of sp³-hybridized carbons (Fsp3) is 0.211. The molecule has 0 aliphatic carbocycles. The molecule has 29 heavy (non-hydrogen) atoms. The van der Waals surface area contributed by atoms with Gasteiger partial charge in [-0.2, -0.15) is 0 Å². The maximum absolute atomic E-state index is 12.3. The molecule has 3 rings (SSSR count). The summed E-state index contributed by atoms with van der Waals surface area (Å²) in [6.45, 7) is -0.381. The highest BCUT2D eigenvalue weighted by molar-refractivity contribution is 6.42. The van der Waals surface area contributed by atoms with Gasteiger partial charge in [-0.3, -0.25) is 18.7 Å². The largest absolute Gasteiger partial charge is 0.456 e. The zero-order valence-corrected chi connectivity index (χ0v) is 17.5. The topological polar surface area (TPSA) is 82.3 Å². The number of hydrogen-bond donors (Lipinski definition) is 1. The minimum Gasteiger partial charge on any atom is -0.456 e. The third kappa shape index (κ3) is 4.75. The average Bonchev–Trinajstić information content (AvgIpc) is 2.92. The first-order chi connectivity index (χ1) is 13.8. The predicted octanol–water partition coefficient (Wildman–Crippen LogP) is 3.87. The maximum atomic E-state index is 12.3. The molecule has 0 aliphatic rings. The van der Waals surface area contributed by atoms with Crippen molar-refractivity contribution in [3.8, 4) is 0 Å². The molecule has 0 atom stereocenters. The van der Waals surface area contributed by atoms with E-state index in [2.05, 4.69) is 5.32 Å². The number of rotatable bonds is 6. The van der Waals surface area contributed by atoms with E-state index < -0.39 is 18.5 Å². The number of anilines is 1. The summed E-state index contributed by atoms with van der Waals surface area (Å²) in [5, 5.41) is 3.13. The van der Waals surface area contributed by atoms with Gasteiger partial charge in [-0.15, -0.1) is 0 Å². The molecule has 7 nitrogen and oxygen atoms in total. The van der Waals surface area contributed by atoms with Gasteiger partial charge in [-0.25, -0.2) is 4.79 Å². The number of para-hydroxylation sites is 2. The van der Waals surface area contributed by atoms with E-state index in [9.17, 15) is 14.4 Å². The SMILES string of the molecule is Cn1c(=O)n(CCC(=O)OCC(=O)Nc2c(Cl)cc(Cl)cc2Cl)c2ccccc21. The number of halogens is 3. The molecular weight excluding hydrogens is 441 g/mol. The summed E-state index contributed by atoms with van der Waals surface area (Å²) >= 11 is 17.8. The summed E-state index contributed by atoms with van der Waals surface area (Å²) < 4.78 is 7.97. The zero-order chi connectivity index (χ0) is 21.1. The van der Waals surface area contributed by atoms with Crippen molar-refractivity contribution >= 4 is 63.4 Å². The molecule has 0 unspecified atom stereocenters. The number of hydrogen-bond acceptors (Lipinski definition) is 4. The van der Waals surface area contributed by atoms with Gasteiger partial charge in [0.15, 0.2) is 6.61 Å². The molecule has 2 aromatic carbocycles. The van der Waals surface area contributed by atoms with E-state index in [1.54, 1.807) is 13.1 Å². The molecule has 0 spiro atoms. The minimum atomic E-state index is -0.617. The van der Waals surface area contributed by atoms with Crippen LogP contribution in [0.15, 0.2) is 41.2 Å². The van der Waals surface area contributed by atoms with Crippen LogP contribution in [0.1, 0.15) is 6.42 Å². The number of carbonyl (C=O) groups is 2. The van der Waals surface area contributed by atoms with Crippen LogP contribution in [0.4, 0.5) is 5.69 Å². The molecule has 0 saturated heterocycles. The van der Waals surface area contributed by atoms with E-state index in [4.69, 9.17) is 39.5 Å². The van der Waals surface area contributed by atoms with Gasteiger partial charge in [0.25, 0.3) is 5.91 Å². The molecule has 0 aliphatic heterocycles. The first-order valence-corrected chi connectivity index (χ1v) is 9.65. The molecule has 0 bridgehead atoms. The molecule has 1 N–H and O–H groups in total. The Kier molecular flexibility index (Phi) is 6.52. The van der Waals surface area contributed by atoms with E-state index >= 15 is 0 Å². The van der Waals surface area contributed by atoms with Crippen LogP contribution in [-0.2, 0) is 27.9 Å². The molecular formula is C19H16Cl3N3O4. The van der Waals surface area contributed by atoms with Crippen molar-refractivity contribution in [3.05, 3.63) is 62.0 Å². The van der Waals surface area contributed by atoms with Crippen LogP contribution in [0.3, 0.4) is 0 Å². The Labute approximate surface area is 180 Å². The van der Waals surface area contributed by atoms with Crippen molar-refractivity contribution in [2.75, 3.05) is 11.9 Å². The number of benzene rings is 2. The van der Waals surface area contributed by atoms with Crippen molar-refractivity contribution in [2.24, 2.45) is 7.05 Å². The Morgan fingerprint density at radius 1 is 1.07 bits per heavy atom. The molecule has 10 heteroatoms. The summed E-state index contributed by atoms with van der Waals surface area (Å²) in [4.78, 5) is 36.4. The summed E-state index contributed by atoms with van der Waals surface area (Å²) in [5.41, 5.74) is 1.43. The fourth-order valence-corrected chi connectivity index (χ4v) is 3.75. The average molecular weight is 457 g/mol. The summed E-state index contributed by atoms with van der Waals surface area (Å²) in [6, 6.07) is 10.1. The zero-order valence-electron chi connectivity index (χ0n) is 15.2. The lowest BCUT2D eigenvalue weighted by Crippen LogP contribution is -2.25. The maximum Gasteiger partial charge on any atom is 0.328 e. The number of nitrogens with zero attached hydrogens (tertiary/aromatic N) is 2. The van der Waals surface area contributed by atoms with Gasteiger partial charge in [0.05, 0.1) is 33.2 Å². The van der Waals surface area contributed by atoms with Gasteiger partial charge < -0.3 is 10.1 Å². The highest BCUT2D eigenvalue weighted by Crippen LogP contribution is 2.33. The first kappa shape index (κ1) is 21.2. The smallest absolute Gasteiger partial charge is 0.328 e.